The van der Waals surface area contributed by atoms with Crippen molar-refractivity contribution in [3.8, 4) is 17.0 Å². The maximum Gasteiger partial charge on any atom is 0.342 e. The zero-order valence-corrected chi connectivity index (χ0v) is 19.3. The van der Waals surface area contributed by atoms with Crippen molar-refractivity contribution in [2.75, 3.05) is 5.32 Å². The smallest absolute Gasteiger partial charge is 0.342 e. The number of nitrogens with zero attached hydrogens (tertiary/aromatic N) is 3. The molecule has 9 heteroatoms. The Morgan fingerprint density at radius 1 is 1.03 bits per heavy atom. The molecule has 5 rings (SSSR count). The van der Waals surface area contributed by atoms with Crippen LogP contribution in [0.2, 0.25) is 0 Å². The lowest BCUT2D eigenvalue weighted by Gasteiger charge is -2.25. The molecule has 36 heavy (non-hydrogen) atoms. The topological polar surface area (TPSA) is 109 Å². The van der Waals surface area contributed by atoms with Crippen LogP contribution in [-0.4, -0.2) is 31.8 Å². The number of hydrogen-bond acceptors (Lipinski definition) is 5. The van der Waals surface area contributed by atoms with Gasteiger partial charge in [-0.3, -0.25) is 9.78 Å². The number of carbonyl (C=O) groups excluding carboxylic acids is 2. The molecule has 1 saturated carbocycles. The van der Waals surface area contributed by atoms with Gasteiger partial charge in [0.1, 0.15) is 11.6 Å². The zero-order chi connectivity index (χ0) is 25.1. The molecule has 0 saturated heterocycles. The molecular weight excluding hydrogens is 461 g/mol. The van der Waals surface area contributed by atoms with Crippen molar-refractivity contribution < 1.29 is 19.1 Å². The number of pyridine rings is 1. The first-order valence-corrected chi connectivity index (χ1v) is 11.7. The van der Waals surface area contributed by atoms with Gasteiger partial charge in [0.2, 0.25) is 0 Å². The highest BCUT2D eigenvalue weighted by atomic mass is 19.1. The molecule has 1 aliphatic carbocycles. The van der Waals surface area contributed by atoms with E-state index in [9.17, 15) is 19.1 Å². The van der Waals surface area contributed by atoms with E-state index >= 15 is 0 Å². The Kier molecular flexibility index (Phi) is 6.44. The van der Waals surface area contributed by atoms with Crippen LogP contribution in [0.1, 0.15) is 46.8 Å². The summed E-state index contributed by atoms with van der Waals surface area (Å²) in [6.45, 7) is 0.222. The van der Waals surface area contributed by atoms with E-state index in [2.05, 4.69) is 20.7 Å². The minimum Gasteiger partial charge on any atom is -0.507 e. The molecule has 0 spiro atoms. The Labute approximate surface area is 206 Å². The molecule has 0 aliphatic heterocycles. The molecule has 2 aromatic carbocycles. The lowest BCUT2D eigenvalue weighted by molar-refractivity contribution is 0.102. The van der Waals surface area contributed by atoms with Crippen molar-refractivity contribution in [1.82, 2.24) is 20.1 Å². The Bertz CT molecular complexity index is 1400. The van der Waals surface area contributed by atoms with Gasteiger partial charge in [-0.2, -0.15) is 9.78 Å². The maximum atomic E-state index is 13.2. The second-order valence-electron chi connectivity index (χ2n) is 8.70. The van der Waals surface area contributed by atoms with E-state index < -0.39 is 6.03 Å². The monoisotopic (exact) mass is 485 g/mol. The van der Waals surface area contributed by atoms with Crippen LogP contribution in [0, 0.1) is 5.82 Å². The highest BCUT2D eigenvalue weighted by Gasteiger charge is 2.27. The van der Waals surface area contributed by atoms with E-state index in [0.29, 0.717) is 22.5 Å². The Balaban J connectivity index is 1.40. The summed E-state index contributed by atoms with van der Waals surface area (Å²) in [5, 5.41) is 20.7. The Hall–Kier alpha value is -4.53. The quantitative estimate of drug-likeness (QED) is 0.331. The van der Waals surface area contributed by atoms with Gasteiger partial charge in [-0.25, -0.2) is 9.18 Å². The van der Waals surface area contributed by atoms with Gasteiger partial charge < -0.3 is 15.7 Å². The minimum atomic E-state index is -0.408. The Morgan fingerprint density at radius 3 is 2.47 bits per heavy atom. The fraction of sp³-hybridized carbons (Fsp3) is 0.185. The summed E-state index contributed by atoms with van der Waals surface area (Å²) in [7, 11) is 0. The molecular formula is C27H24FN5O3. The number of nitrogens with one attached hydrogen (secondary N) is 2. The number of amides is 2. The Morgan fingerprint density at radius 2 is 1.78 bits per heavy atom. The molecule has 4 aromatic rings. The summed E-state index contributed by atoms with van der Waals surface area (Å²) >= 11 is 0. The number of anilines is 1. The van der Waals surface area contributed by atoms with E-state index in [1.165, 1.54) is 35.3 Å². The molecule has 0 bridgehead atoms. The van der Waals surface area contributed by atoms with Gasteiger partial charge in [0, 0.05) is 41.7 Å². The number of hydrogen-bond donors (Lipinski definition) is 3. The van der Waals surface area contributed by atoms with Gasteiger partial charge in [0.25, 0.3) is 5.91 Å². The molecule has 1 aliphatic rings. The van der Waals surface area contributed by atoms with Crippen molar-refractivity contribution in [3.63, 3.8) is 0 Å². The van der Waals surface area contributed by atoms with Gasteiger partial charge in [-0.05, 0) is 66.9 Å². The van der Waals surface area contributed by atoms with Crippen LogP contribution in [0.5, 0.6) is 5.75 Å². The van der Waals surface area contributed by atoms with Crippen LogP contribution in [-0.2, 0) is 6.54 Å². The minimum absolute atomic E-state index is 0.0200. The van der Waals surface area contributed by atoms with Crippen molar-refractivity contribution in [2.45, 2.75) is 31.7 Å². The van der Waals surface area contributed by atoms with Crippen molar-refractivity contribution in [1.29, 1.82) is 0 Å². The summed E-state index contributed by atoms with van der Waals surface area (Å²) in [5.41, 5.74) is 3.27. The second-order valence-corrected chi connectivity index (χ2v) is 8.70. The number of phenolic OH excluding ortho intramolecular Hbond substituents is 1. The van der Waals surface area contributed by atoms with Gasteiger partial charge in [0.05, 0.1) is 11.4 Å². The summed E-state index contributed by atoms with van der Waals surface area (Å²) in [6.07, 6.45) is 6.04. The van der Waals surface area contributed by atoms with Crippen molar-refractivity contribution >= 4 is 17.6 Å². The number of halogens is 1. The van der Waals surface area contributed by atoms with Crippen LogP contribution < -0.4 is 10.6 Å². The predicted molar refractivity (Wildman–Crippen MR) is 132 cm³/mol. The third kappa shape index (κ3) is 4.95. The van der Waals surface area contributed by atoms with Gasteiger partial charge >= 0.3 is 6.03 Å². The van der Waals surface area contributed by atoms with Crippen LogP contribution in [0.4, 0.5) is 14.9 Å². The molecule has 2 amide bonds. The van der Waals surface area contributed by atoms with Crippen molar-refractivity contribution in [2.24, 2.45) is 0 Å². The third-order valence-corrected chi connectivity index (χ3v) is 6.28. The van der Waals surface area contributed by atoms with Crippen LogP contribution >= 0.6 is 0 Å². The molecule has 0 unspecified atom stereocenters. The largest absolute Gasteiger partial charge is 0.507 e. The molecule has 2 aromatic heterocycles. The molecule has 1 fully saturated rings. The molecule has 0 atom stereocenters. The fourth-order valence-electron chi connectivity index (χ4n) is 4.06. The molecule has 3 N–H and O–H groups in total. The van der Waals surface area contributed by atoms with Gasteiger partial charge in [0.15, 0.2) is 0 Å². The third-order valence-electron chi connectivity index (χ3n) is 6.28. The summed E-state index contributed by atoms with van der Waals surface area (Å²) in [5.74, 6) is -0.476. The van der Waals surface area contributed by atoms with E-state index in [1.54, 1.807) is 36.4 Å². The molecule has 182 valence electrons. The number of aromatic nitrogens is 3. The summed E-state index contributed by atoms with van der Waals surface area (Å²) < 4.78 is 14.5. The van der Waals surface area contributed by atoms with E-state index in [-0.39, 0.29) is 29.9 Å². The lowest BCUT2D eigenvalue weighted by atomic mass is 9.82. The number of benzene rings is 2. The average molecular weight is 486 g/mol. The number of aromatic hydroxyl groups is 1. The number of carbonyl (C=O) groups is 2. The first kappa shape index (κ1) is 23.2. The van der Waals surface area contributed by atoms with E-state index in [4.69, 9.17) is 0 Å². The second kappa shape index (κ2) is 9.99. The molecule has 8 nitrogen and oxygen atoms in total. The van der Waals surface area contributed by atoms with Crippen LogP contribution in [0.25, 0.3) is 11.3 Å². The summed E-state index contributed by atoms with van der Waals surface area (Å²) in [6, 6.07) is 15.2. The standard InChI is InChI=1S/C27H24FN5O3/c28-20-6-4-17(5-7-20)16-30-27(36)33-24(18-2-1-3-18)15-23(32-33)22-14-21(8-9-25(22)34)31-26(35)19-10-12-29-13-11-19/h4-15,18,34H,1-3,16H2,(H,30,36)(H,31,35). The predicted octanol–water partition coefficient (Wildman–Crippen LogP) is 5.07. The van der Waals surface area contributed by atoms with E-state index in [1.807, 2.05) is 6.07 Å². The first-order valence-electron chi connectivity index (χ1n) is 11.7. The summed E-state index contributed by atoms with van der Waals surface area (Å²) in [4.78, 5) is 29.5. The van der Waals surface area contributed by atoms with Crippen LogP contribution in [0.15, 0.2) is 73.1 Å². The normalized spacial score (nSPS) is 13.1. The average Bonchev–Trinajstić information content (AvgIpc) is 3.28. The highest BCUT2D eigenvalue weighted by molar-refractivity contribution is 6.04. The maximum absolute atomic E-state index is 13.2. The number of phenols is 1. The highest BCUT2D eigenvalue weighted by Crippen LogP contribution is 2.39. The zero-order valence-electron chi connectivity index (χ0n) is 19.3. The SMILES string of the molecule is O=C(Nc1ccc(O)c(-c2cc(C3CCC3)n(C(=O)NCc3ccc(F)cc3)n2)c1)c1ccncc1. The first-order chi connectivity index (χ1) is 17.5. The van der Waals surface area contributed by atoms with Gasteiger partial charge in [-0.1, -0.05) is 18.6 Å². The molecule has 2 heterocycles. The molecule has 0 radical (unpaired) electrons. The fourth-order valence-corrected chi connectivity index (χ4v) is 4.06. The van der Waals surface area contributed by atoms with Crippen molar-refractivity contribution in [3.05, 3.63) is 95.7 Å². The van der Waals surface area contributed by atoms with Crippen LogP contribution in [0.3, 0.4) is 0 Å². The van der Waals surface area contributed by atoms with Gasteiger partial charge in [-0.15, -0.1) is 0 Å². The van der Waals surface area contributed by atoms with E-state index in [0.717, 1.165) is 30.5 Å². The number of rotatable bonds is 6. The lowest BCUT2D eigenvalue weighted by Crippen LogP contribution is -2.31.